The van der Waals surface area contributed by atoms with Gasteiger partial charge in [-0.05, 0) is 30.7 Å². The van der Waals surface area contributed by atoms with Crippen LogP contribution in [0.25, 0.3) is 0 Å². The average Bonchev–Trinajstić information content (AvgIpc) is 3.19. The van der Waals surface area contributed by atoms with Crippen molar-refractivity contribution in [2.75, 3.05) is 13.1 Å². The monoisotopic (exact) mass is 319 g/mol. The number of rotatable bonds is 3. The van der Waals surface area contributed by atoms with E-state index in [1.165, 1.54) is 35.6 Å². The van der Waals surface area contributed by atoms with Crippen LogP contribution in [0.2, 0.25) is 0 Å². The van der Waals surface area contributed by atoms with Crippen molar-refractivity contribution >= 4 is 23.2 Å². The molecule has 2 amide bonds. The number of benzene rings is 1. The molecule has 5 nitrogen and oxygen atoms in total. The van der Waals surface area contributed by atoms with Gasteiger partial charge in [-0.15, -0.1) is 11.3 Å². The Bertz CT molecular complexity index is 673. The van der Waals surface area contributed by atoms with E-state index in [-0.39, 0.29) is 23.7 Å². The molecule has 0 bridgehead atoms. The van der Waals surface area contributed by atoms with E-state index in [0.29, 0.717) is 30.0 Å². The molecule has 3 rings (SSSR count). The standard InChI is InChI=1S/C15H14FN3O2S/c16-11-3-1-10(2-4-11)14(20)18-12-5-6-19(8-12)15(21)13-7-17-9-22-13/h1-4,7,9,12H,5-6,8H2,(H,18,20). The molecule has 1 atom stereocenters. The van der Waals surface area contributed by atoms with E-state index in [0.717, 1.165) is 0 Å². The molecule has 22 heavy (non-hydrogen) atoms. The van der Waals surface area contributed by atoms with Crippen molar-refractivity contribution in [3.63, 3.8) is 0 Å². The Labute approximate surface area is 130 Å². The summed E-state index contributed by atoms with van der Waals surface area (Å²) < 4.78 is 12.8. The summed E-state index contributed by atoms with van der Waals surface area (Å²) in [5, 5.41) is 2.88. The summed E-state index contributed by atoms with van der Waals surface area (Å²) in [6.07, 6.45) is 2.26. The minimum Gasteiger partial charge on any atom is -0.347 e. The molecule has 1 aromatic heterocycles. The van der Waals surface area contributed by atoms with Crippen LogP contribution < -0.4 is 5.32 Å². The highest BCUT2D eigenvalue weighted by Gasteiger charge is 2.28. The van der Waals surface area contributed by atoms with Crippen LogP contribution in [0.4, 0.5) is 4.39 Å². The fourth-order valence-electron chi connectivity index (χ4n) is 2.41. The van der Waals surface area contributed by atoms with Crippen LogP contribution in [-0.2, 0) is 0 Å². The van der Waals surface area contributed by atoms with Crippen molar-refractivity contribution in [1.29, 1.82) is 0 Å². The number of likely N-dealkylation sites (tertiary alicyclic amines) is 1. The van der Waals surface area contributed by atoms with E-state index in [9.17, 15) is 14.0 Å². The molecule has 0 aliphatic carbocycles. The number of hydrogen-bond donors (Lipinski definition) is 1. The molecule has 114 valence electrons. The molecule has 1 saturated heterocycles. The topological polar surface area (TPSA) is 62.3 Å². The Hall–Kier alpha value is -2.28. The van der Waals surface area contributed by atoms with Crippen LogP contribution in [0.3, 0.4) is 0 Å². The molecule has 2 aromatic rings. The SMILES string of the molecule is O=C(NC1CCN(C(=O)c2cncs2)C1)c1ccc(F)cc1. The second-order valence-corrected chi connectivity index (χ2v) is 5.97. The third-order valence-corrected chi connectivity index (χ3v) is 4.32. The molecule has 0 radical (unpaired) electrons. The van der Waals surface area contributed by atoms with Gasteiger partial charge in [-0.3, -0.25) is 14.6 Å². The van der Waals surface area contributed by atoms with Gasteiger partial charge in [-0.1, -0.05) is 0 Å². The summed E-state index contributed by atoms with van der Waals surface area (Å²) in [6, 6.07) is 5.31. The quantitative estimate of drug-likeness (QED) is 0.940. The lowest BCUT2D eigenvalue weighted by Crippen LogP contribution is -2.38. The van der Waals surface area contributed by atoms with Crippen LogP contribution in [-0.4, -0.2) is 40.8 Å². The van der Waals surface area contributed by atoms with Gasteiger partial charge in [0.2, 0.25) is 0 Å². The number of nitrogens with zero attached hydrogens (tertiary/aromatic N) is 2. The zero-order valence-corrected chi connectivity index (χ0v) is 12.5. The Morgan fingerprint density at radius 3 is 2.77 bits per heavy atom. The smallest absolute Gasteiger partial charge is 0.265 e. The predicted octanol–water partition coefficient (Wildman–Crippen LogP) is 1.93. The van der Waals surface area contributed by atoms with Gasteiger partial charge in [0.25, 0.3) is 11.8 Å². The summed E-state index contributed by atoms with van der Waals surface area (Å²) in [5.41, 5.74) is 2.03. The second kappa shape index (κ2) is 6.23. The Balaban J connectivity index is 1.58. The van der Waals surface area contributed by atoms with Crippen molar-refractivity contribution in [1.82, 2.24) is 15.2 Å². The van der Waals surface area contributed by atoms with Crippen molar-refractivity contribution in [3.05, 3.63) is 52.2 Å². The number of amides is 2. The Morgan fingerprint density at radius 2 is 2.09 bits per heavy atom. The number of aromatic nitrogens is 1. The first-order chi connectivity index (χ1) is 10.6. The molecular formula is C15H14FN3O2S. The molecule has 2 heterocycles. The average molecular weight is 319 g/mol. The zero-order valence-electron chi connectivity index (χ0n) is 11.7. The second-order valence-electron chi connectivity index (χ2n) is 5.08. The summed E-state index contributed by atoms with van der Waals surface area (Å²) in [7, 11) is 0. The first kappa shape index (κ1) is 14.6. The Kier molecular flexibility index (Phi) is 4.15. The third kappa shape index (κ3) is 3.14. The van der Waals surface area contributed by atoms with E-state index < -0.39 is 0 Å². The molecule has 1 aliphatic heterocycles. The van der Waals surface area contributed by atoms with Crippen LogP contribution in [0.1, 0.15) is 26.5 Å². The largest absolute Gasteiger partial charge is 0.347 e. The molecular weight excluding hydrogens is 305 g/mol. The minimum atomic E-state index is -0.376. The predicted molar refractivity (Wildman–Crippen MR) is 80.3 cm³/mol. The van der Waals surface area contributed by atoms with Gasteiger partial charge in [-0.2, -0.15) is 0 Å². The van der Waals surface area contributed by atoms with E-state index in [1.807, 2.05) is 0 Å². The van der Waals surface area contributed by atoms with Crippen LogP contribution in [0.5, 0.6) is 0 Å². The minimum absolute atomic E-state index is 0.0546. The molecule has 1 unspecified atom stereocenters. The first-order valence-corrected chi connectivity index (χ1v) is 7.75. The van der Waals surface area contributed by atoms with Crippen molar-refractivity contribution in [2.45, 2.75) is 12.5 Å². The van der Waals surface area contributed by atoms with Crippen LogP contribution in [0, 0.1) is 5.82 Å². The maximum atomic E-state index is 12.8. The van der Waals surface area contributed by atoms with E-state index >= 15 is 0 Å². The lowest BCUT2D eigenvalue weighted by atomic mass is 10.2. The normalized spacial score (nSPS) is 17.5. The summed E-state index contributed by atoms with van der Waals surface area (Å²) >= 11 is 1.31. The highest BCUT2D eigenvalue weighted by molar-refractivity contribution is 7.11. The van der Waals surface area contributed by atoms with Gasteiger partial charge in [0.1, 0.15) is 10.7 Å². The summed E-state index contributed by atoms with van der Waals surface area (Å²) in [5.74, 6) is -0.683. The van der Waals surface area contributed by atoms with E-state index in [2.05, 4.69) is 10.3 Å². The van der Waals surface area contributed by atoms with E-state index in [4.69, 9.17) is 0 Å². The highest BCUT2D eigenvalue weighted by atomic mass is 32.1. The lowest BCUT2D eigenvalue weighted by molar-refractivity contribution is 0.0787. The van der Waals surface area contributed by atoms with Gasteiger partial charge < -0.3 is 10.2 Å². The molecule has 1 aliphatic rings. The van der Waals surface area contributed by atoms with Gasteiger partial charge in [-0.25, -0.2) is 4.39 Å². The van der Waals surface area contributed by atoms with Gasteiger partial charge in [0.15, 0.2) is 0 Å². The lowest BCUT2D eigenvalue weighted by Gasteiger charge is -2.16. The first-order valence-electron chi connectivity index (χ1n) is 6.87. The van der Waals surface area contributed by atoms with Crippen molar-refractivity contribution in [2.24, 2.45) is 0 Å². The number of carbonyl (C=O) groups is 2. The zero-order chi connectivity index (χ0) is 15.5. The number of halogens is 1. The van der Waals surface area contributed by atoms with Gasteiger partial charge in [0.05, 0.1) is 11.7 Å². The molecule has 0 saturated carbocycles. The summed E-state index contributed by atoms with van der Waals surface area (Å²) in [4.78, 5) is 30.5. The summed E-state index contributed by atoms with van der Waals surface area (Å²) in [6.45, 7) is 1.08. The van der Waals surface area contributed by atoms with Gasteiger partial charge in [0, 0.05) is 24.7 Å². The number of carbonyl (C=O) groups excluding carboxylic acids is 2. The van der Waals surface area contributed by atoms with E-state index in [1.54, 1.807) is 16.6 Å². The maximum Gasteiger partial charge on any atom is 0.265 e. The Morgan fingerprint density at radius 1 is 1.32 bits per heavy atom. The fraction of sp³-hybridized carbons (Fsp3) is 0.267. The fourth-order valence-corrected chi connectivity index (χ4v) is 3.00. The molecule has 7 heteroatoms. The molecule has 1 fully saturated rings. The maximum absolute atomic E-state index is 12.8. The number of hydrogen-bond acceptors (Lipinski definition) is 4. The highest BCUT2D eigenvalue weighted by Crippen LogP contribution is 2.16. The third-order valence-electron chi connectivity index (χ3n) is 3.56. The molecule has 1 aromatic carbocycles. The van der Waals surface area contributed by atoms with Crippen LogP contribution in [0.15, 0.2) is 36.0 Å². The number of thiazole rings is 1. The molecule has 0 spiro atoms. The van der Waals surface area contributed by atoms with Gasteiger partial charge >= 0.3 is 0 Å². The number of nitrogens with one attached hydrogen (secondary N) is 1. The van der Waals surface area contributed by atoms with Crippen molar-refractivity contribution < 1.29 is 14.0 Å². The van der Waals surface area contributed by atoms with Crippen molar-refractivity contribution in [3.8, 4) is 0 Å². The molecule has 1 N–H and O–H groups in total. The van der Waals surface area contributed by atoms with Crippen LogP contribution >= 0.6 is 11.3 Å².